The molecule has 0 bridgehead atoms. The molecule has 0 aliphatic heterocycles. The fourth-order valence-corrected chi connectivity index (χ4v) is 1.04. The summed E-state index contributed by atoms with van der Waals surface area (Å²) in [5, 5.41) is 45.2. The third-order valence-corrected chi connectivity index (χ3v) is 2.31. The number of ether oxygens (including phenoxy) is 1. The lowest BCUT2D eigenvalue weighted by molar-refractivity contribution is -0.153. The molecule has 0 aromatic heterocycles. The molecule has 0 heterocycles. The predicted molar refractivity (Wildman–Crippen MR) is 55.9 cm³/mol. The smallest absolute Gasteiger partial charge is 0.316 e. The Kier molecular flexibility index (Phi) is 7.81. The summed E-state index contributed by atoms with van der Waals surface area (Å²) in [6, 6.07) is 0. The Bertz CT molecular complexity index is 213. The molecule has 0 fully saturated rings. The van der Waals surface area contributed by atoms with E-state index < -0.39 is 43.6 Å². The average Bonchev–Trinajstić information content (AvgIpc) is 2.32. The summed E-state index contributed by atoms with van der Waals surface area (Å²) in [7, 11) is 0. The van der Waals surface area contributed by atoms with E-state index in [2.05, 4.69) is 20.7 Å². The van der Waals surface area contributed by atoms with Crippen molar-refractivity contribution in [1.82, 2.24) is 0 Å². The van der Waals surface area contributed by atoms with Crippen molar-refractivity contribution in [2.75, 3.05) is 18.5 Å². The van der Waals surface area contributed by atoms with Crippen molar-refractivity contribution < 1.29 is 35.1 Å². The van der Waals surface area contributed by atoms with Gasteiger partial charge in [0.05, 0.1) is 6.61 Å². The molecule has 0 aliphatic rings. The van der Waals surface area contributed by atoms with Gasteiger partial charge < -0.3 is 30.3 Å². The van der Waals surface area contributed by atoms with Crippen LogP contribution >= 0.6 is 15.9 Å². The molecule has 5 N–H and O–H groups in total. The van der Waals surface area contributed by atoms with E-state index in [-0.39, 0.29) is 5.33 Å². The second kappa shape index (κ2) is 7.93. The SMILES string of the molecule is O=C(CBr)OC[C@H](O)[C@@H](O)[C@H](O)[C@H](O)CO. The highest BCUT2D eigenvalue weighted by molar-refractivity contribution is 9.09. The molecule has 0 rings (SSSR count). The molecular weight excluding hydrogens is 288 g/mol. The van der Waals surface area contributed by atoms with Crippen molar-refractivity contribution in [3.8, 4) is 0 Å². The monoisotopic (exact) mass is 302 g/mol. The summed E-state index contributed by atoms with van der Waals surface area (Å²) in [6.07, 6.45) is -6.55. The fraction of sp³-hybridized carbons (Fsp3) is 0.875. The van der Waals surface area contributed by atoms with Crippen molar-refractivity contribution in [3.63, 3.8) is 0 Å². The topological polar surface area (TPSA) is 127 Å². The minimum Gasteiger partial charge on any atom is -0.462 e. The zero-order valence-corrected chi connectivity index (χ0v) is 9.95. The molecule has 7 nitrogen and oxygen atoms in total. The molecule has 96 valence electrons. The standard InChI is InChI=1S/C8H15BrO7/c9-1-6(13)16-3-5(12)8(15)7(14)4(11)2-10/h4-5,7-8,10-12,14-15H,1-3H2/t4-,5+,7-,8-/m1/s1. The van der Waals surface area contributed by atoms with Crippen LogP contribution in [0.1, 0.15) is 0 Å². The minimum atomic E-state index is -1.72. The summed E-state index contributed by atoms with van der Waals surface area (Å²) in [5.41, 5.74) is 0. The maximum absolute atomic E-state index is 10.7. The molecule has 0 aliphatic carbocycles. The van der Waals surface area contributed by atoms with Crippen molar-refractivity contribution in [2.45, 2.75) is 24.4 Å². The van der Waals surface area contributed by atoms with Crippen molar-refractivity contribution in [2.24, 2.45) is 0 Å². The molecular formula is C8H15BrO7. The Morgan fingerprint density at radius 1 is 1.12 bits per heavy atom. The number of hydrogen-bond donors (Lipinski definition) is 5. The fourth-order valence-electron chi connectivity index (χ4n) is 0.879. The maximum Gasteiger partial charge on any atom is 0.316 e. The van der Waals surface area contributed by atoms with Crippen LogP contribution in [0.5, 0.6) is 0 Å². The van der Waals surface area contributed by atoms with Crippen LogP contribution in [0.3, 0.4) is 0 Å². The van der Waals surface area contributed by atoms with Crippen molar-refractivity contribution in [3.05, 3.63) is 0 Å². The van der Waals surface area contributed by atoms with E-state index in [4.69, 9.17) is 10.2 Å². The van der Waals surface area contributed by atoms with Crippen LogP contribution in [-0.2, 0) is 9.53 Å². The second-order valence-corrected chi connectivity index (χ2v) is 3.68. The highest BCUT2D eigenvalue weighted by atomic mass is 79.9. The maximum atomic E-state index is 10.7. The Labute approximate surface area is 100 Å². The first-order chi connectivity index (χ1) is 7.43. The Morgan fingerprint density at radius 3 is 2.06 bits per heavy atom. The highest BCUT2D eigenvalue weighted by Gasteiger charge is 2.30. The number of hydrogen-bond acceptors (Lipinski definition) is 7. The van der Waals surface area contributed by atoms with Gasteiger partial charge in [0.15, 0.2) is 0 Å². The average molecular weight is 303 g/mol. The van der Waals surface area contributed by atoms with E-state index in [0.29, 0.717) is 0 Å². The Balaban J connectivity index is 4.06. The molecule has 8 heteroatoms. The first kappa shape index (κ1) is 15.8. The van der Waals surface area contributed by atoms with Gasteiger partial charge in [-0.15, -0.1) is 0 Å². The van der Waals surface area contributed by atoms with E-state index in [1.54, 1.807) is 0 Å². The normalized spacial score (nSPS) is 18.6. The summed E-state index contributed by atoms with van der Waals surface area (Å²) in [5.74, 6) is -0.636. The number of aliphatic hydroxyl groups is 5. The van der Waals surface area contributed by atoms with E-state index >= 15 is 0 Å². The quantitative estimate of drug-likeness (QED) is 0.257. The zero-order valence-electron chi connectivity index (χ0n) is 8.36. The molecule has 0 amide bonds. The Morgan fingerprint density at radius 2 is 1.62 bits per heavy atom. The summed E-state index contributed by atoms with van der Waals surface area (Å²) in [4.78, 5) is 10.7. The summed E-state index contributed by atoms with van der Waals surface area (Å²) in [6.45, 7) is -1.27. The second-order valence-electron chi connectivity index (χ2n) is 3.12. The number of aliphatic hydroxyl groups excluding tert-OH is 5. The van der Waals surface area contributed by atoms with Crippen LogP contribution in [0.4, 0.5) is 0 Å². The van der Waals surface area contributed by atoms with Gasteiger partial charge in [-0.2, -0.15) is 0 Å². The first-order valence-corrected chi connectivity index (χ1v) is 5.60. The number of esters is 1. The molecule has 0 spiro atoms. The molecule has 0 aromatic rings. The number of halogens is 1. The van der Waals surface area contributed by atoms with Gasteiger partial charge in [0.2, 0.25) is 0 Å². The minimum absolute atomic E-state index is 0.0579. The molecule has 0 radical (unpaired) electrons. The number of carbonyl (C=O) groups excluding carboxylic acids is 1. The number of carbonyl (C=O) groups is 1. The van der Waals surface area contributed by atoms with Crippen LogP contribution in [0.15, 0.2) is 0 Å². The van der Waals surface area contributed by atoms with Gasteiger partial charge in [0.25, 0.3) is 0 Å². The lowest BCUT2D eigenvalue weighted by Gasteiger charge is -2.25. The van der Waals surface area contributed by atoms with Crippen molar-refractivity contribution in [1.29, 1.82) is 0 Å². The van der Waals surface area contributed by atoms with Gasteiger partial charge in [0, 0.05) is 0 Å². The van der Waals surface area contributed by atoms with Crippen LogP contribution in [0.25, 0.3) is 0 Å². The van der Waals surface area contributed by atoms with Crippen molar-refractivity contribution >= 4 is 21.9 Å². The van der Waals surface area contributed by atoms with E-state index in [1.165, 1.54) is 0 Å². The third-order valence-electron chi connectivity index (χ3n) is 1.85. The highest BCUT2D eigenvalue weighted by Crippen LogP contribution is 2.05. The molecule has 4 atom stereocenters. The van der Waals surface area contributed by atoms with E-state index in [9.17, 15) is 20.1 Å². The van der Waals surface area contributed by atoms with E-state index in [0.717, 1.165) is 0 Å². The van der Waals surface area contributed by atoms with Gasteiger partial charge in [-0.25, -0.2) is 0 Å². The largest absolute Gasteiger partial charge is 0.462 e. The molecule has 0 aromatic carbocycles. The van der Waals surface area contributed by atoms with Gasteiger partial charge in [-0.05, 0) is 0 Å². The van der Waals surface area contributed by atoms with Crippen LogP contribution in [0, 0.1) is 0 Å². The van der Waals surface area contributed by atoms with Gasteiger partial charge in [-0.3, -0.25) is 4.79 Å². The lowest BCUT2D eigenvalue weighted by atomic mass is 10.0. The molecule has 0 saturated heterocycles. The van der Waals surface area contributed by atoms with Gasteiger partial charge in [-0.1, -0.05) is 15.9 Å². The van der Waals surface area contributed by atoms with E-state index in [1.807, 2.05) is 0 Å². The van der Waals surface area contributed by atoms with Crippen LogP contribution in [0.2, 0.25) is 0 Å². The molecule has 0 unspecified atom stereocenters. The summed E-state index contributed by atoms with van der Waals surface area (Å²) < 4.78 is 4.49. The van der Waals surface area contributed by atoms with Gasteiger partial charge in [0.1, 0.15) is 36.4 Å². The van der Waals surface area contributed by atoms with Gasteiger partial charge >= 0.3 is 5.97 Å². The molecule has 16 heavy (non-hydrogen) atoms. The third kappa shape index (κ3) is 5.19. The summed E-state index contributed by atoms with van der Waals surface area (Å²) >= 11 is 2.82. The predicted octanol–water partition coefficient (Wildman–Crippen LogP) is -2.64. The number of rotatable bonds is 7. The first-order valence-electron chi connectivity index (χ1n) is 4.48. The zero-order chi connectivity index (χ0) is 12.7. The van der Waals surface area contributed by atoms with Crippen LogP contribution < -0.4 is 0 Å². The molecule has 0 saturated carbocycles. The Hall–Kier alpha value is -0.250. The number of alkyl halides is 1. The van der Waals surface area contributed by atoms with Crippen LogP contribution in [-0.4, -0.2) is 74.5 Å². The lowest BCUT2D eigenvalue weighted by Crippen LogP contribution is -2.47.